The van der Waals surface area contributed by atoms with Crippen LogP contribution in [0.15, 0.2) is 18.2 Å². The van der Waals surface area contributed by atoms with Crippen molar-refractivity contribution in [2.24, 2.45) is 5.73 Å². The van der Waals surface area contributed by atoms with Crippen molar-refractivity contribution in [1.29, 1.82) is 0 Å². The molecule has 4 heteroatoms. The zero-order valence-corrected chi connectivity index (χ0v) is 8.87. The summed E-state index contributed by atoms with van der Waals surface area (Å²) in [5.74, 6) is -1.04. The first kappa shape index (κ1) is 12.1. The fraction of sp³-hybridized carbons (Fsp3) is 0.167. The van der Waals surface area contributed by atoms with Gasteiger partial charge in [0.05, 0.1) is 5.56 Å². The highest BCUT2D eigenvalue weighted by Gasteiger charge is 2.07. The van der Waals surface area contributed by atoms with Gasteiger partial charge < -0.3 is 5.73 Å². The molecule has 0 bridgehead atoms. The Morgan fingerprint density at radius 1 is 1.44 bits per heavy atom. The summed E-state index contributed by atoms with van der Waals surface area (Å²) < 4.78 is 13.3. The fourth-order valence-corrected chi connectivity index (χ4v) is 1.35. The average molecular weight is 221 g/mol. The van der Waals surface area contributed by atoms with Crippen LogP contribution in [0.1, 0.15) is 27.9 Å². The van der Waals surface area contributed by atoms with Crippen molar-refractivity contribution < 1.29 is 14.0 Å². The molecular formula is C12H12FNO2. The number of aryl methyl sites for hydroxylation is 1. The summed E-state index contributed by atoms with van der Waals surface area (Å²) in [4.78, 5) is 21.3. The maximum absolute atomic E-state index is 13.3. The van der Waals surface area contributed by atoms with Crippen LogP contribution in [-0.4, -0.2) is 12.2 Å². The molecule has 1 amide bonds. The van der Waals surface area contributed by atoms with Gasteiger partial charge >= 0.3 is 0 Å². The van der Waals surface area contributed by atoms with Crippen LogP contribution in [0, 0.1) is 12.7 Å². The summed E-state index contributed by atoms with van der Waals surface area (Å²) in [5, 5.41) is 0. The van der Waals surface area contributed by atoms with Crippen molar-refractivity contribution in [3.63, 3.8) is 0 Å². The van der Waals surface area contributed by atoms with Gasteiger partial charge in [-0.2, -0.15) is 0 Å². The lowest BCUT2D eigenvalue weighted by atomic mass is 10.0. The van der Waals surface area contributed by atoms with Gasteiger partial charge in [-0.25, -0.2) is 4.39 Å². The Morgan fingerprint density at radius 2 is 2.12 bits per heavy atom. The first-order valence-electron chi connectivity index (χ1n) is 4.75. The number of benzene rings is 1. The van der Waals surface area contributed by atoms with Gasteiger partial charge in [0, 0.05) is 6.42 Å². The molecule has 0 atom stereocenters. The fourth-order valence-electron chi connectivity index (χ4n) is 1.35. The Hall–Kier alpha value is -1.97. The third-order valence-corrected chi connectivity index (χ3v) is 2.17. The molecule has 84 valence electrons. The highest BCUT2D eigenvalue weighted by Crippen LogP contribution is 2.18. The summed E-state index contributed by atoms with van der Waals surface area (Å²) in [6, 6.07) is 2.82. The lowest BCUT2D eigenvalue weighted by Crippen LogP contribution is -2.08. The minimum absolute atomic E-state index is 0.000667. The molecule has 0 aliphatic heterocycles. The van der Waals surface area contributed by atoms with Gasteiger partial charge in [0.15, 0.2) is 6.29 Å². The molecule has 1 rings (SSSR count). The number of hydrogen-bond donors (Lipinski definition) is 1. The SMILES string of the molecule is Cc1ccc(F)c(C=O)c1C=CCC(N)=O. The molecule has 0 radical (unpaired) electrons. The second-order valence-corrected chi connectivity index (χ2v) is 3.38. The largest absolute Gasteiger partial charge is 0.369 e. The van der Waals surface area contributed by atoms with E-state index in [1.807, 2.05) is 0 Å². The minimum Gasteiger partial charge on any atom is -0.369 e. The van der Waals surface area contributed by atoms with Crippen LogP contribution in [0.4, 0.5) is 4.39 Å². The van der Waals surface area contributed by atoms with Gasteiger partial charge in [-0.05, 0) is 24.1 Å². The maximum atomic E-state index is 13.3. The second-order valence-electron chi connectivity index (χ2n) is 3.38. The van der Waals surface area contributed by atoms with Crippen LogP contribution in [0.2, 0.25) is 0 Å². The Kier molecular flexibility index (Phi) is 3.94. The van der Waals surface area contributed by atoms with Crippen LogP contribution in [-0.2, 0) is 4.79 Å². The molecule has 0 saturated carbocycles. The third kappa shape index (κ3) is 2.76. The molecule has 2 N–H and O–H groups in total. The molecule has 1 aromatic carbocycles. The van der Waals surface area contributed by atoms with Crippen LogP contribution < -0.4 is 5.73 Å². The summed E-state index contributed by atoms with van der Waals surface area (Å²) in [6.07, 6.45) is 3.57. The van der Waals surface area contributed by atoms with Crippen molar-refractivity contribution in [1.82, 2.24) is 0 Å². The van der Waals surface area contributed by atoms with Crippen molar-refractivity contribution >= 4 is 18.3 Å². The zero-order valence-electron chi connectivity index (χ0n) is 8.87. The lowest BCUT2D eigenvalue weighted by molar-refractivity contribution is -0.117. The highest BCUT2D eigenvalue weighted by molar-refractivity contribution is 5.84. The van der Waals surface area contributed by atoms with Crippen molar-refractivity contribution in [3.8, 4) is 0 Å². The van der Waals surface area contributed by atoms with Crippen molar-refractivity contribution in [2.45, 2.75) is 13.3 Å². The van der Waals surface area contributed by atoms with E-state index in [2.05, 4.69) is 0 Å². The van der Waals surface area contributed by atoms with Crippen LogP contribution in [0.25, 0.3) is 6.08 Å². The van der Waals surface area contributed by atoms with E-state index in [9.17, 15) is 14.0 Å². The number of nitrogens with two attached hydrogens (primary N) is 1. The predicted molar refractivity (Wildman–Crippen MR) is 59.4 cm³/mol. The number of hydrogen-bond acceptors (Lipinski definition) is 2. The predicted octanol–water partition coefficient (Wildman–Crippen LogP) is 1.84. The van der Waals surface area contributed by atoms with E-state index >= 15 is 0 Å². The van der Waals surface area contributed by atoms with Gasteiger partial charge in [0.25, 0.3) is 0 Å². The van der Waals surface area contributed by atoms with E-state index in [-0.39, 0.29) is 12.0 Å². The molecular weight excluding hydrogens is 209 g/mol. The Morgan fingerprint density at radius 3 is 2.69 bits per heavy atom. The van der Waals surface area contributed by atoms with Gasteiger partial charge in [-0.3, -0.25) is 9.59 Å². The molecule has 1 aromatic rings. The van der Waals surface area contributed by atoms with E-state index in [0.717, 1.165) is 5.56 Å². The smallest absolute Gasteiger partial charge is 0.221 e. The Balaban J connectivity index is 3.11. The van der Waals surface area contributed by atoms with Crippen LogP contribution in [0.3, 0.4) is 0 Å². The molecule has 0 aliphatic carbocycles. The topological polar surface area (TPSA) is 60.2 Å². The monoisotopic (exact) mass is 221 g/mol. The Labute approximate surface area is 92.8 Å². The van der Waals surface area contributed by atoms with E-state index in [4.69, 9.17) is 5.73 Å². The van der Waals surface area contributed by atoms with Crippen LogP contribution >= 0.6 is 0 Å². The lowest BCUT2D eigenvalue weighted by Gasteiger charge is -2.04. The van der Waals surface area contributed by atoms with Gasteiger partial charge in [0.1, 0.15) is 5.82 Å². The number of halogens is 1. The molecule has 0 fully saturated rings. The summed E-state index contributed by atoms with van der Waals surface area (Å²) in [6.45, 7) is 1.76. The summed E-state index contributed by atoms with van der Waals surface area (Å²) in [5.41, 5.74) is 6.21. The summed E-state index contributed by atoms with van der Waals surface area (Å²) in [7, 11) is 0. The standard InChI is InChI=1S/C12H12FNO2/c1-8-5-6-11(13)10(7-15)9(8)3-2-4-12(14)16/h2-3,5-7H,4H2,1H3,(H2,14,16). The average Bonchev–Trinajstić information content (AvgIpc) is 2.23. The molecule has 0 heterocycles. The van der Waals surface area contributed by atoms with E-state index in [1.54, 1.807) is 13.0 Å². The highest BCUT2D eigenvalue weighted by atomic mass is 19.1. The molecule has 0 aliphatic rings. The number of carbonyl (C=O) groups is 2. The molecule has 0 aromatic heterocycles. The van der Waals surface area contributed by atoms with Crippen molar-refractivity contribution in [2.75, 3.05) is 0 Å². The molecule has 3 nitrogen and oxygen atoms in total. The Bertz CT molecular complexity index is 453. The third-order valence-electron chi connectivity index (χ3n) is 2.17. The van der Waals surface area contributed by atoms with Crippen LogP contribution in [0.5, 0.6) is 0 Å². The number of carbonyl (C=O) groups excluding carboxylic acids is 2. The van der Waals surface area contributed by atoms with Gasteiger partial charge in [-0.15, -0.1) is 0 Å². The van der Waals surface area contributed by atoms with Crippen molar-refractivity contribution in [3.05, 3.63) is 40.7 Å². The maximum Gasteiger partial charge on any atom is 0.221 e. The van der Waals surface area contributed by atoms with E-state index in [0.29, 0.717) is 11.8 Å². The van der Waals surface area contributed by atoms with E-state index in [1.165, 1.54) is 18.2 Å². The minimum atomic E-state index is -0.570. The zero-order chi connectivity index (χ0) is 12.1. The number of aldehydes is 1. The number of rotatable bonds is 4. The molecule has 0 unspecified atom stereocenters. The molecule has 0 spiro atoms. The number of amides is 1. The van der Waals surface area contributed by atoms with Gasteiger partial charge in [-0.1, -0.05) is 18.2 Å². The second kappa shape index (κ2) is 5.21. The first-order chi connectivity index (χ1) is 7.56. The van der Waals surface area contributed by atoms with E-state index < -0.39 is 11.7 Å². The van der Waals surface area contributed by atoms with Gasteiger partial charge in [0.2, 0.25) is 5.91 Å². The molecule has 16 heavy (non-hydrogen) atoms. The molecule has 0 saturated heterocycles. The summed E-state index contributed by atoms with van der Waals surface area (Å²) >= 11 is 0. The quantitative estimate of drug-likeness (QED) is 0.788. The normalized spacial score (nSPS) is 10.6. The number of primary amides is 1. The first-order valence-corrected chi connectivity index (χ1v) is 4.75.